The number of aromatic nitrogens is 1. The lowest BCUT2D eigenvalue weighted by molar-refractivity contribution is -0.384. The molecule has 2 heterocycles. The zero-order valence-electron chi connectivity index (χ0n) is 14.3. The molecular weight excluding hydrogens is 370 g/mol. The quantitative estimate of drug-likeness (QED) is 0.550. The number of nitro groups is 1. The third-order valence-electron chi connectivity index (χ3n) is 4.66. The van der Waals surface area contributed by atoms with Crippen LogP contribution in [0, 0.1) is 17.0 Å². The molecule has 0 spiro atoms. The number of non-ortho nitro benzene ring substituents is 1. The van der Waals surface area contributed by atoms with Gasteiger partial charge in [-0.1, -0.05) is 17.7 Å². The summed E-state index contributed by atoms with van der Waals surface area (Å²) >= 11 is 0. The minimum Gasteiger partial charge on any atom is -0.357 e. The maximum Gasteiger partial charge on any atom is 0.270 e. The van der Waals surface area contributed by atoms with Crippen molar-refractivity contribution in [1.29, 1.82) is 0 Å². The number of nitrogens with one attached hydrogen (secondary N) is 1. The number of rotatable bonds is 3. The molecule has 1 aliphatic heterocycles. The summed E-state index contributed by atoms with van der Waals surface area (Å²) in [5.41, 5.74) is 2.14. The lowest BCUT2D eigenvalue weighted by Crippen LogP contribution is -2.39. The van der Waals surface area contributed by atoms with Crippen molar-refractivity contribution in [1.82, 2.24) is 9.29 Å². The molecule has 3 aromatic rings. The van der Waals surface area contributed by atoms with Gasteiger partial charge in [-0.05, 0) is 25.1 Å². The standard InChI is InChI=1S/C18H15N3O5S/c1-11-2-5-13(6-3-11)27(25,26)20-9-16-18(17(22)10-20)14-8-12(21(23)24)4-7-15(14)19-16/h2-8,19H,9-10H2,1H3. The number of nitrogens with zero attached hydrogens (tertiary/aromatic N) is 2. The molecule has 0 unspecified atom stereocenters. The third-order valence-corrected chi connectivity index (χ3v) is 6.47. The molecule has 0 fully saturated rings. The number of fused-ring (bicyclic) bond motifs is 3. The second-order valence-corrected chi connectivity index (χ2v) is 8.41. The smallest absolute Gasteiger partial charge is 0.270 e. The minimum absolute atomic E-state index is 0.000237. The second-order valence-electron chi connectivity index (χ2n) is 6.47. The Morgan fingerprint density at radius 1 is 1.11 bits per heavy atom. The van der Waals surface area contributed by atoms with E-state index in [0.29, 0.717) is 22.2 Å². The fourth-order valence-electron chi connectivity index (χ4n) is 3.29. The fraction of sp³-hybridized carbons (Fsp3) is 0.167. The van der Waals surface area contributed by atoms with Crippen molar-refractivity contribution in [3.63, 3.8) is 0 Å². The lowest BCUT2D eigenvalue weighted by Gasteiger charge is -2.25. The number of hydrogen-bond acceptors (Lipinski definition) is 5. The molecule has 0 saturated heterocycles. The van der Waals surface area contributed by atoms with Gasteiger partial charge in [0.05, 0.1) is 22.9 Å². The molecule has 0 saturated carbocycles. The summed E-state index contributed by atoms with van der Waals surface area (Å²) in [5.74, 6) is -0.390. The number of H-pyrrole nitrogens is 1. The normalized spacial score (nSPS) is 15.1. The van der Waals surface area contributed by atoms with Gasteiger partial charge >= 0.3 is 0 Å². The molecule has 1 aromatic heterocycles. The summed E-state index contributed by atoms with van der Waals surface area (Å²) < 4.78 is 26.9. The highest BCUT2D eigenvalue weighted by Gasteiger charge is 2.34. The number of Topliss-reactive ketones (excluding diaryl/α,β-unsaturated/α-hetero) is 1. The molecule has 9 heteroatoms. The van der Waals surface area contributed by atoms with Crippen molar-refractivity contribution >= 4 is 32.4 Å². The van der Waals surface area contributed by atoms with Crippen LogP contribution in [-0.4, -0.2) is 35.0 Å². The van der Waals surface area contributed by atoms with Gasteiger partial charge in [0.25, 0.3) is 5.69 Å². The van der Waals surface area contributed by atoms with Gasteiger partial charge in [-0.25, -0.2) is 8.42 Å². The highest BCUT2D eigenvalue weighted by molar-refractivity contribution is 7.89. The van der Waals surface area contributed by atoms with E-state index in [0.717, 1.165) is 9.87 Å². The van der Waals surface area contributed by atoms with Gasteiger partial charge in [0.15, 0.2) is 5.78 Å². The van der Waals surface area contributed by atoms with E-state index in [4.69, 9.17) is 0 Å². The van der Waals surface area contributed by atoms with Crippen molar-refractivity contribution < 1.29 is 18.1 Å². The number of hydrogen-bond donors (Lipinski definition) is 1. The summed E-state index contributed by atoms with van der Waals surface area (Å²) in [6.45, 7) is 1.55. The number of benzene rings is 2. The van der Waals surface area contributed by atoms with E-state index < -0.39 is 20.7 Å². The number of ketones is 1. The predicted octanol–water partition coefficient (Wildman–Crippen LogP) is 2.77. The first-order valence-corrected chi connectivity index (χ1v) is 9.60. The topological polar surface area (TPSA) is 113 Å². The van der Waals surface area contributed by atoms with Crippen LogP contribution in [0.2, 0.25) is 0 Å². The molecule has 1 aliphatic rings. The fourth-order valence-corrected chi connectivity index (χ4v) is 4.65. The van der Waals surface area contributed by atoms with E-state index in [9.17, 15) is 23.3 Å². The van der Waals surface area contributed by atoms with Gasteiger partial charge in [-0.3, -0.25) is 14.9 Å². The van der Waals surface area contributed by atoms with Crippen LogP contribution >= 0.6 is 0 Å². The zero-order valence-corrected chi connectivity index (χ0v) is 15.1. The van der Waals surface area contributed by atoms with E-state index in [2.05, 4.69) is 4.98 Å². The van der Waals surface area contributed by atoms with Crippen molar-refractivity contribution in [2.24, 2.45) is 0 Å². The first kappa shape index (κ1) is 17.4. The molecule has 8 nitrogen and oxygen atoms in total. The van der Waals surface area contributed by atoms with Crippen molar-refractivity contribution in [2.75, 3.05) is 6.54 Å². The molecule has 27 heavy (non-hydrogen) atoms. The average Bonchev–Trinajstić information content (AvgIpc) is 3.00. The maximum atomic E-state index is 12.9. The van der Waals surface area contributed by atoms with Crippen LogP contribution in [0.15, 0.2) is 47.4 Å². The number of nitro benzene ring substituents is 1. The molecule has 1 N–H and O–H groups in total. The van der Waals surface area contributed by atoms with Crippen LogP contribution in [0.3, 0.4) is 0 Å². The van der Waals surface area contributed by atoms with Crippen LogP contribution in [0.1, 0.15) is 21.6 Å². The number of carbonyl (C=O) groups excluding carboxylic acids is 1. The Morgan fingerprint density at radius 3 is 2.48 bits per heavy atom. The van der Waals surface area contributed by atoms with Gasteiger partial charge in [0.2, 0.25) is 10.0 Å². The van der Waals surface area contributed by atoms with Gasteiger partial charge in [-0.15, -0.1) is 0 Å². The van der Waals surface area contributed by atoms with Crippen LogP contribution in [-0.2, 0) is 16.6 Å². The Labute approximate surface area is 154 Å². The van der Waals surface area contributed by atoms with Gasteiger partial charge in [0.1, 0.15) is 0 Å². The summed E-state index contributed by atoms with van der Waals surface area (Å²) in [7, 11) is -3.83. The molecule has 0 amide bonds. The second kappa shape index (κ2) is 6.00. The Hall–Kier alpha value is -3.04. The van der Waals surface area contributed by atoms with Crippen LogP contribution in [0.25, 0.3) is 10.9 Å². The molecule has 0 atom stereocenters. The molecule has 2 aromatic carbocycles. The van der Waals surface area contributed by atoms with Crippen LogP contribution in [0.4, 0.5) is 5.69 Å². The van der Waals surface area contributed by atoms with Crippen molar-refractivity contribution in [3.05, 3.63) is 69.4 Å². The van der Waals surface area contributed by atoms with Gasteiger partial charge in [0, 0.05) is 34.3 Å². The first-order chi connectivity index (χ1) is 12.8. The SMILES string of the molecule is Cc1ccc(S(=O)(=O)N2CC(=O)c3c([nH]c4ccc([N+](=O)[O-])cc34)C2)cc1. The monoisotopic (exact) mass is 385 g/mol. The molecule has 138 valence electrons. The Bertz CT molecular complexity index is 1200. The van der Waals surface area contributed by atoms with E-state index >= 15 is 0 Å². The van der Waals surface area contributed by atoms with Crippen molar-refractivity contribution in [3.8, 4) is 0 Å². The molecular formula is C18H15N3O5S. The van der Waals surface area contributed by atoms with E-state index in [1.807, 2.05) is 6.92 Å². The Morgan fingerprint density at radius 2 is 1.81 bits per heavy atom. The largest absolute Gasteiger partial charge is 0.357 e. The summed E-state index contributed by atoms with van der Waals surface area (Å²) in [4.78, 5) is 26.3. The first-order valence-electron chi connectivity index (χ1n) is 8.16. The summed E-state index contributed by atoms with van der Waals surface area (Å²) in [5, 5.41) is 11.4. The molecule has 4 rings (SSSR count). The Kier molecular flexibility index (Phi) is 3.86. The van der Waals surface area contributed by atoms with E-state index in [1.165, 1.54) is 30.3 Å². The average molecular weight is 385 g/mol. The maximum absolute atomic E-state index is 12.9. The van der Waals surface area contributed by atoms with Crippen LogP contribution < -0.4 is 0 Å². The highest BCUT2D eigenvalue weighted by Crippen LogP contribution is 2.32. The number of aryl methyl sites for hydroxylation is 1. The van der Waals surface area contributed by atoms with Crippen LogP contribution in [0.5, 0.6) is 0 Å². The van der Waals surface area contributed by atoms with Gasteiger partial charge < -0.3 is 4.98 Å². The lowest BCUT2D eigenvalue weighted by atomic mass is 10.0. The third kappa shape index (κ3) is 2.81. The van der Waals surface area contributed by atoms with Crippen molar-refractivity contribution in [2.45, 2.75) is 18.4 Å². The zero-order chi connectivity index (χ0) is 19.3. The number of sulfonamides is 1. The number of aromatic amines is 1. The minimum atomic E-state index is -3.83. The summed E-state index contributed by atoms with van der Waals surface area (Å²) in [6.07, 6.45) is 0. The molecule has 0 aliphatic carbocycles. The van der Waals surface area contributed by atoms with E-state index in [-0.39, 0.29) is 23.7 Å². The van der Waals surface area contributed by atoms with Gasteiger partial charge in [-0.2, -0.15) is 4.31 Å². The Balaban J connectivity index is 1.77. The predicted molar refractivity (Wildman–Crippen MR) is 98.1 cm³/mol. The highest BCUT2D eigenvalue weighted by atomic mass is 32.2. The summed E-state index contributed by atoms with van der Waals surface area (Å²) in [6, 6.07) is 10.6. The molecule has 0 bridgehead atoms. The molecule has 0 radical (unpaired) electrons. The van der Waals surface area contributed by atoms with E-state index in [1.54, 1.807) is 12.1 Å². The number of carbonyl (C=O) groups is 1.